The van der Waals surface area contributed by atoms with Crippen LogP contribution in [0.15, 0.2) is 4.52 Å². The van der Waals surface area contributed by atoms with Gasteiger partial charge in [-0.1, -0.05) is 25.9 Å². The highest BCUT2D eigenvalue weighted by Crippen LogP contribution is 2.11. The molecule has 6 nitrogen and oxygen atoms in total. The van der Waals surface area contributed by atoms with E-state index >= 15 is 0 Å². The van der Waals surface area contributed by atoms with E-state index in [1.54, 1.807) is 0 Å². The van der Waals surface area contributed by atoms with Crippen LogP contribution in [0.5, 0.6) is 0 Å². The summed E-state index contributed by atoms with van der Waals surface area (Å²) in [5, 5.41) is 7.07. The van der Waals surface area contributed by atoms with Crippen LogP contribution < -0.4 is 5.32 Å². The maximum atomic E-state index is 11.1. The first-order chi connectivity index (χ1) is 8.80. The predicted molar refractivity (Wildman–Crippen MR) is 73.5 cm³/mol. The van der Waals surface area contributed by atoms with Crippen LogP contribution in [0.3, 0.4) is 0 Å². The van der Waals surface area contributed by atoms with Gasteiger partial charge in [0.25, 0.3) is 0 Å². The van der Waals surface area contributed by atoms with Crippen LogP contribution in [-0.4, -0.2) is 37.4 Å². The summed E-state index contributed by atoms with van der Waals surface area (Å²) in [6.07, 6.45) is 2.80. The summed E-state index contributed by atoms with van der Waals surface area (Å²) in [7, 11) is -3.12. The van der Waals surface area contributed by atoms with Crippen LogP contribution >= 0.6 is 0 Å². The smallest absolute Gasteiger partial charge is 0.228 e. The molecule has 7 heteroatoms. The van der Waals surface area contributed by atoms with E-state index in [0.717, 1.165) is 19.2 Å². The highest BCUT2D eigenvalue weighted by atomic mass is 32.2. The van der Waals surface area contributed by atoms with Crippen LogP contribution in [-0.2, 0) is 22.0 Å². The lowest BCUT2D eigenvalue weighted by Crippen LogP contribution is -2.32. The first kappa shape index (κ1) is 16.1. The van der Waals surface area contributed by atoms with Crippen molar-refractivity contribution in [2.45, 2.75) is 45.4 Å². The fourth-order valence-corrected chi connectivity index (χ4v) is 2.56. The van der Waals surface area contributed by atoms with Gasteiger partial charge in [0.1, 0.15) is 5.75 Å². The minimum absolute atomic E-state index is 0.174. The molecule has 0 aliphatic heterocycles. The standard InChI is InChI=1S/C12H23N3O3S/c1-5-13-10(6-9(2)3)7-12-14-11(15-18-12)8-19(4,16)17/h9-10,13H,5-8H2,1-4H3. The van der Waals surface area contributed by atoms with E-state index in [0.29, 0.717) is 18.2 Å². The maximum absolute atomic E-state index is 11.1. The molecule has 19 heavy (non-hydrogen) atoms. The lowest BCUT2D eigenvalue weighted by molar-refractivity contribution is 0.338. The van der Waals surface area contributed by atoms with Gasteiger partial charge in [0.2, 0.25) is 5.89 Å². The first-order valence-electron chi connectivity index (χ1n) is 6.52. The zero-order valence-electron chi connectivity index (χ0n) is 12.0. The van der Waals surface area contributed by atoms with Crippen molar-refractivity contribution < 1.29 is 12.9 Å². The highest BCUT2D eigenvalue weighted by Gasteiger charge is 2.17. The van der Waals surface area contributed by atoms with Crippen molar-refractivity contribution in [1.29, 1.82) is 0 Å². The molecule has 0 aromatic carbocycles. The topological polar surface area (TPSA) is 85.1 Å². The molecular weight excluding hydrogens is 266 g/mol. The van der Waals surface area contributed by atoms with Crippen molar-refractivity contribution in [3.05, 3.63) is 11.7 Å². The zero-order valence-corrected chi connectivity index (χ0v) is 12.8. The van der Waals surface area contributed by atoms with Gasteiger partial charge in [-0.2, -0.15) is 4.98 Å². The van der Waals surface area contributed by atoms with Crippen molar-refractivity contribution in [1.82, 2.24) is 15.5 Å². The summed E-state index contributed by atoms with van der Waals surface area (Å²) in [6.45, 7) is 7.25. The van der Waals surface area contributed by atoms with Gasteiger partial charge < -0.3 is 9.84 Å². The third kappa shape index (κ3) is 6.68. The summed E-state index contributed by atoms with van der Waals surface area (Å²) in [5.41, 5.74) is 0. The van der Waals surface area contributed by atoms with E-state index in [1.807, 2.05) is 0 Å². The van der Waals surface area contributed by atoms with E-state index < -0.39 is 9.84 Å². The third-order valence-corrected chi connectivity index (χ3v) is 3.35. The van der Waals surface area contributed by atoms with E-state index in [4.69, 9.17) is 4.52 Å². The monoisotopic (exact) mass is 289 g/mol. The Morgan fingerprint density at radius 3 is 2.58 bits per heavy atom. The molecule has 0 saturated carbocycles. The van der Waals surface area contributed by atoms with Gasteiger partial charge in [-0.25, -0.2) is 8.42 Å². The third-order valence-electron chi connectivity index (χ3n) is 2.57. The molecule has 0 amide bonds. The number of hydrogen-bond donors (Lipinski definition) is 1. The minimum atomic E-state index is -3.12. The SMILES string of the molecule is CCNC(Cc1nc(CS(C)(=O)=O)no1)CC(C)C. The molecule has 1 aromatic rings. The van der Waals surface area contributed by atoms with Gasteiger partial charge in [0.15, 0.2) is 15.7 Å². The molecule has 0 bridgehead atoms. The number of nitrogens with zero attached hydrogens (tertiary/aromatic N) is 2. The quantitative estimate of drug-likeness (QED) is 0.773. The summed E-state index contributed by atoms with van der Waals surface area (Å²) >= 11 is 0. The molecule has 0 saturated heterocycles. The van der Waals surface area contributed by atoms with Crippen molar-refractivity contribution in [3.63, 3.8) is 0 Å². The van der Waals surface area contributed by atoms with Gasteiger partial charge >= 0.3 is 0 Å². The molecule has 0 spiro atoms. The van der Waals surface area contributed by atoms with Crippen molar-refractivity contribution >= 4 is 9.84 Å². The Balaban J connectivity index is 2.64. The summed E-state index contributed by atoms with van der Waals surface area (Å²) in [6, 6.07) is 0.275. The lowest BCUT2D eigenvalue weighted by Gasteiger charge is -2.17. The van der Waals surface area contributed by atoms with E-state index in [1.165, 1.54) is 0 Å². The molecule has 0 aliphatic rings. The molecule has 1 rings (SSSR count). The van der Waals surface area contributed by atoms with Gasteiger partial charge in [0, 0.05) is 18.7 Å². The van der Waals surface area contributed by atoms with Gasteiger partial charge in [-0.15, -0.1) is 0 Å². The normalized spacial score (nSPS) is 13.9. The van der Waals surface area contributed by atoms with Gasteiger partial charge in [-0.05, 0) is 18.9 Å². The lowest BCUT2D eigenvalue weighted by atomic mass is 10.0. The fourth-order valence-electron chi connectivity index (χ4n) is 1.97. The van der Waals surface area contributed by atoms with E-state index in [-0.39, 0.29) is 17.6 Å². The van der Waals surface area contributed by atoms with E-state index in [2.05, 4.69) is 36.2 Å². The number of sulfone groups is 1. The molecule has 1 N–H and O–H groups in total. The molecule has 110 valence electrons. The van der Waals surface area contributed by atoms with Gasteiger partial charge in [-0.3, -0.25) is 0 Å². The Hall–Kier alpha value is -0.950. The van der Waals surface area contributed by atoms with Crippen molar-refractivity contribution in [2.75, 3.05) is 12.8 Å². The second kappa shape index (κ2) is 7.00. The zero-order chi connectivity index (χ0) is 14.5. The molecule has 0 fully saturated rings. The molecule has 1 atom stereocenters. The van der Waals surface area contributed by atoms with Crippen LogP contribution in [0, 0.1) is 5.92 Å². The average Bonchev–Trinajstić information content (AvgIpc) is 2.61. The Labute approximate surface area is 114 Å². The Bertz CT molecular complexity index is 482. The molecule has 1 aromatic heterocycles. The van der Waals surface area contributed by atoms with Crippen LogP contribution in [0.1, 0.15) is 38.9 Å². The Kier molecular flexibility index (Phi) is 5.93. The minimum Gasteiger partial charge on any atom is -0.339 e. The first-order valence-corrected chi connectivity index (χ1v) is 8.58. The van der Waals surface area contributed by atoms with Gasteiger partial charge in [0.05, 0.1) is 0 Å². The van der Waals surface area contributed by atoms with Crippen LogP contribution in [0.25, 0.3) is 0 Å². The average molecular weight is 289 g/mol. The summed E-state index contributed by atoms with van der Waals surface area (Å²) < 4.78 is 27.4. The summed E-state index contributed by atoms with van der Waals surface area (Å²) in [4.78, 5) is 4.13. The van der Waals surface area contributed by atoms with Crippen LogP contribution in [0.4, 0.5) is 0 Å². The molecule has 0 aliphatic carbocycles. The largest absolute Gasteiger partial charge is 0.339 e. The number of aromatic nitrogens is 2. The number of hydrogen-bond acceptors (Lipinski definition) is 6. The van der Waals surface area contributed by atoms with Crippen molar-refractivity contribution in [3.8, 4) is 0 Å². The highest BCUT2D eigenvalue weighted by molar-refractivity contribution is 7.89. The predicted octanol–water partition coefficient (Wildman–Crippen LogP) is 1.18. The summed E-state index contributed by atoms with van der Waals surface area (Å²) in [5.74, 6) is 1.12. The molecular formula is C12H23N3O3S. The second-order valence-corrected chi connectivity index (χ2v) is 7.40. The maximum Gasteiger partial charge on any atom is 0.228 e. The molecule has 1 unspecified atom stereocenters. The van der Waals surface area contributed by atoms with Crippen molar-refractivity contribution in [2.24, 2.45) is 5.92 Å². The molecule has 0 radical (unpaired) electrons. The second-order valence-electron chi connectivity index (χ2n) is 5.26. The number of rotatable bonds is 8. The fraction of sp³-hybridized carbons (Fsp3) is 0.833. The Morgan fingerprint density at radius 1 is 1.37 bits per heavy atom. The number of likely N-dealkylation sites (N-methyl/N-ethyl adjacent to an activating group) is 1. The molecule has 1 heterocycles. The number of nitrogens with one attached hydrogen (secondary N) is 1. The van der Waals surface area contributed by atoms with Crippen LogP contribution in [0.2, 0.25) is 0 Å². The van der Waals surface area contributed by atoms with E-state index in [9.17, 15) is 8.42 Å². The Morgan fingerprint density at radius 2 is 2.05 bits per heavy atom.